The van der Waals surface area contributed by atoms with Crippen LogP contribution in [0.2, 0.25) is 0 Å². The summed E-state index contributed by atoms with van der Waals surface area (Å²) in [5, 5.41) is 0.834. The molecule has 1 aliphatic carbocycles. The third-order valence-electron chi connectivity index (χ3n) is 4.58. The van der Waals surface area contributed by atoms with Gasteiger partial charge in [-0.1, -0.05) is 36.4 Å². The third kappa shape index (κ3) is 2.01. The lowest BCUT2D eigenvalue weighted by Crippen LogP contribution is -2.11. The molecular formula is C19H17NO2. The normalized spacial score (nSPS) is 20.2. The zero-order chi connectivity index (χ0) is 15.3. The van der Waals surface area contributed by atoms with E-state index in [1.54, 1.807) is 6.92 Å². The molecule has 2 N–H and O–H groups in total. The Balaban J connectivity index is 1.72. The Morgan fingerprint density at radius 1 is 1.09 bits per heavy atom. The van der Waals surface area contributed by atoms with Crippen molar-refractivity contribution in [3.05, 3.63) is 71.0 Å². The summed E-state index contributed by atoms with van der Waals surface area (Å²) in [4.78, 5) is 11.6. The Labute approximate surface area is 128 Å². The zero-order valence-electron chi connectivity index (χ0n) is 12.4. The molecule has 2 aromatic carbocycles. The van der Waals surface area contributed by atoms with E-state index in [4.69, 9.17) is 10.2 Å². The summed E-state index contributed by atoms with van der Waals surface area (Å²) >= 11 is 0. The Hall–Kier alpha value is -2.55. The van der Waals surface area contributed by atoms with Crippen LogP contribution in [-0.4, -0.2) is 5.91 Å². The van der Waals surface area contributed by atoms with Crippen LogP contribution in [0.1, 0.15) is 45.5 Å². The molecule has 1 saturated carbocycles. The van der Waals surface area contributed by atoms with Gasteiger partial charge >= 0.3 is 0 Å². The van der Waals surface area contributed by atoms with E-state index in [1.807, 2.05) is 12.1 Å². The van der Waals surface area contributed by atoms with Crippen molar-refractivity contribution < 1.29 is 9.21 Å². The maximum absolute atomic E-state index is 11.6. The molecule has 22 heavy (non-hydrogen) atoms. The van der Waals surface area contributed by atoms with Crippen LogP contribution in [0.15, 0.2) is 52.9 Å². The summed E-state index contributed by atoms with van der Waals surface area (Å²) in [6.07, 6.45) is 1.15. The fourth-order valence-corrected chi connectivity index (χ4v) is 3.41. The fourth-order valence-electron chi connectivity index (χ4n) is 3.41. The molecule has 2 atom stereocenters. The molecule has 0 radical (unpaired) electrons. The highest BCUT2D eigenvalue weighted by atomic mass is 16.3. The number of fused-ring (bicyclic) bond motifs is 1. The van der Waals surface area contributed by atoms with Crippen LogP contribution >= 0.6 is 0 Å². The number of amides is 1. The van der Waals surface area contributed by atoms with E-state index in [2.05, 4.69) is 36.4 Å². The predicted octanol–water partition coefficient (Wildman–Crippen LogP) is 4.11. The predicted molar refractivity (Wildman–Crippen MR) is 86.0 cm³/mol. The number of aryl methyl sites for hydroxylation is 1. The number of carbonyl (C=O) groups excluding carboxylic acids is 1. The maximum atomic E-state index is 11.6. The van der Waals surface area contributed by atoms with Crippen LogP contribution in [0, 0.1) is 6.92 Å². The molecule has 3 aromatic rings. The van der Waals surface area contributed by atoms with E-state index in [0.717, 1.165) is 17.4 Å². The molecule has 0 saturated heterocycles. The van der Waals surface area contributed by atoms with Gasteiger partial charge in [-0.3, -0.25) is 4.79 Å². The Bertz CT molecular complexity index is 864. The standard InChI is InChI=1S/C19H17NO2/c1-11-18(19(20)21)16-9-13(7-8-17(16)22-11)15-10-14(15)12-5-3-2-4-6-12/h2-9,14-15H,10H2,1H3,(H2,20,21)/t14-,15-/m0/s1. The van der Waals surface area contributed by atoms with Crippen LogP contribution < -0.4 is 5.73 Å². The van der Waals surface area contributed by atoms with Crippen LogP contribution in [-0.2, 0) is 0 Å². The minimum Gasteiger partial charge on any atom is -0.461 e. The van der Waals surface area contributed by atoms with E-state index in [9.17, 15) is 4.79 Å². The van der Waals surface area contributed by atoms with Crippen molar-refractivity contribution in [3.8, 4) is 0 Å². The van der Waals surface area contributed by atoms with Gasteiger partial charge in [-0.2, -0.15) is 0 Å². The molecule has 3 heteroatoms. The van der Waals surface area contributed by atoms with Gasteiger partial charge in [0.15, 0.2) is 0 Å². The molecule has 4 rings (SSSR count). The number of hydrogen-bond donors (Lipinski definition) is 1. The first kappa shape index (κ1) is 13.1. The lowest BCUT2D eigenvalue weighted by Gasteiger charge is -2.02. The second-order valence-electron chi connectivity index (χ2n) is 6.01. The molecule has 0 bridgehead atoms. The van der Waals surface area contributed by atoms with Gasteiger partial charge in [0.1, 0.15) is 11.3 Å². The molecule has 1 heterocycles. The molecule has 0 unspecified atom stereocenters. The summed E-state index contributed by atoms with van der Waals surface area (Å²) in [6, 6.07) is 16.7. The van der Waals surface area contributed by atoms with Crippen molar-refractivity contribution >= 4 is 16.9 Å². The van der Waals surface area contributed by atoms with Gasteiger partial charge in [0.2, 0.25) is 0 Å². The average molecular weight is 291 g/mol. The maximum Gasteiger partial charge on any atom is 0.252 e. The average Bonchev–Trinajstić information content (AvgIpc) is 3.23. The van der Waals surface area contributed by atoms with E-state index in [1.165, 1.54) is 11.1 Å². The van der Waals surface area contributed by atoms with Gasteiger partial charge in [0.25, 0.3) is 5.91 Å². The number of hydrogen-bond acceptors (Lipinski definition) is 2. The van der Waals surface area contributed by atoms with Gasteiger partial charge < -0.3 is 10.2 Å². The Kier molecular flexibility index (Phi) is 2.83. The number of rotatable bonds is 3. The van der Waals surface area contributed by atoms with Gasteiger partial charge in [-0.05, 0) is 48.4 Å². The summed E-state index contributed by atoms with van der Waals surface area (Å²) in [5.74, 6) is 1.25. The van der Waals surface area contributed by atoms with E-state index < -0.39 is 5.91 Å². The number of nitrogens with two attached hydrogens (primary N) is 1. The van der Waals surface area contributed by atoms with Crippen LogP contribution in [0.25, 0.3) is 11.0 Å². The second kappa shape index (κ2) is 4.73. The van der Waals surface area contributed by atoms with Crippen LogP contribution in [0.3, 0.4) is 0 Å². The van der Waals surface area contributed by atoms with Gasteiger partial charge in [-0.25, -0.2) is 0 Å². The van der Waals surface area contributed by atoms with Crippen molar-refractivity contribution in [1.29, 1.82) is 0 Å². The Morgan fingerprint density at radius 3 is 2.55 bits per heavy atom. The van der Waals surface area contributed by atoms with Crippen molar-refractivity contribution in [2.45, 2.75) is 25.2 Å². The van der Waals surface area contributed by atoms with Crippen LogP contribution in [0.5, 0.6) is 0 Å². The number of benzene rings is 2. The lowest BCUT2D eigenvalue weighted by molar-refractivity contribution is 0.1000. The minimum atomic E-state index is -0.427. The van der Waals surface area contributed by atoms with Crippen molar-refractivity contribution in [2.24, 2.45) is 5.73 Å². The molecule has 0 spiro atoms. The minimum absolute atomic E-state index is 0.427. The summed E-state index contributed by atoms with van der Waals surface area (Å²) in [5.41, 5.74) is 9.36. The highest BCUT2D eigenvalue weighted by molar-refractivity contribution is 6.06. The largest absolute Gasteiger partial charge is 0.461 e. The first-order valence-corrected chi connectivity index (χ1v) is 7.53. The molecule has 0 aliphatic heterocycles. The van der Waals surface area contributed by atoms with Gasteiger partial charge in [-0.15, -0.1) is 0 Å². The quantitative estimate of drug-likeness (QED) is 0.789. The highest BCUT2D eigenvalue weighted by Gasteiger charge is 2.39. The molecule has 110 valence electrons. The number of carbonyl (C=O) groups is 1. The monoisotopic (exact) mass is 291 g/mol. The van der Waals surface area contributed by atoms with E-state index >= 15 is 0 Å². The molecule has 1 amide bonds. The molecule has 1 aromatic heterocycles. The van der Waals surface area contributed by atoms with Crippen molar-refractivity contribution in [1.82, 2.24) is 0 Å². The molecule has 1 fully saturated rings. The molecule has 1 aliphatic rings. The van der Waals surface area contributed by atoms with Gasteiger partial charge in [0.05, 0.1) is 5.56 Å². The topological polar surface area (TPSA) is 56.2 Å². The van der Waals surface area contributed by atoms with Crippen molar-refractivity contribution in [2.75, 3.05) is 0 Å². The number of furan rings is 1. The SMILES string of the molecule is Cc1oc2ccc([C@@H]3C[C@H]3c3ccccc3)cc2c1C(N)=O. The van der Waals surface area contributed by atoms with Crippen LogP contribution in [0.4, 0.5) is 0 Å². The lowest BCUT2D eigenvalue weighted by atomic mass is 10.0. The second-order valence-corrected chi connectivity index (χ2v) is 6.01. The summed E-state index contributed by atoms with van der Waals surface area (Å²) in [6.45, 7) is 1.78. The van der Waals surface area contributed by atoms with E-state index in [-0.39, 0.29) is 0 Å². The van der Waals surface area contributed by atoms with Crippen molar-refractivity contribution in [3.63, 3.8) is 0 Å². The first-order valence-electron chi connectivity index (χ1n) is 7.53. The Morgan fingerprint density at radius 2 is 1.82 bits per heavy atom. The highest BCUT2D eigenvalue weighted by Crippen LogP contribution is 2.55. The fraction of sp³-hybridized carbons (Fsp3) is 0.211. The summed E-state index contributed by atoms with van der Waals surface area (Å²) < 4.78 is 5.63. The zero-order valence-corrected chi connectivity index (χ0v) is 12.4. The summed E-state index contributed by atoms with van der Waals surface area (Å²) in [7, 11) is 0. The molecular weight excluding hydrogens is 274 g/mol. The van der Waals surface area contributed by atoms with E-state index in [0.29, 0.717) is 23.2 Å². The molecule has 3 nitrogen and oxygen atoms in total. The number of primary amides is 1. The smallest absolute Gasteiger partial charge is 0.252 e. The first-order chi connectivity index (χ1) is 10.6. The van der Waals surface area contributed by atoms with Gasteiger partial charge in [0, 0.05) is 5.39 Å². The third-order valence-corrected chi connectivity index (χ3v) is 4.58.